The summed E-state index contributed by atoms with van der Waals surface area (Å²) in [5, 5.41) is 0.905. The smallest absolute Gasteiger partial charge is 0.417 e. The molecule has 2 amide bonds. The van der Waals surface area contributed by atoms with Crippen LogP contribution in [0.2, 0.25) is 16.1 Å². The lowest BCUT2D eigenvalue weighted by molar-refractivity contribution is -0.130. The first-order valence-electron chi connectivity index (χ1n) is 11.0. The van der Waals surface area contributed by atoms with Crippen LogP contribution >= 0.6 is 0 Å². The summed E-state index contributed by atoms with van der Waals surface area (Å²) >= 11 is 0. The van der Waals surface area contributed by atoms with Gasteiger partial charge in [0.1, 0.15) is 13.7 Å². The highest BCUT2D eigenvalue weighted by molar-refractivity contribution is 6.96. The molecule has 4 nitrogen and oxygen atoms in total. The van der Waals surface area contributed by atoms with Crippen molar-refractivity contribution in [2.45, 2.75) is 90.1 Å². The van der Waals surface area contributed by atoms with Gasteiger partial charge in [-0.3, -0.25) is 4.79 Å². The number of rotatable bonds is 5. The molecule has 5 heteroatoms. The van der Waals surface area contributed by atoms with Crippen LogP contribution in [0.15, 0.2) is 43.0 Å². The molecule has 0 aliphatic carbocycles. The van der Waals surface area contributed by atoms with Crippen molar-refractivity contribution < 1.29 is 14.3 Å². The van der Waals surface area contributed by atoms with E-state index in [9.17, 15) is 9.59 Å². The van der Waals surface area contributed by atoms with Crippen LogP contribution < -0.4 is 5.19 Å². The van der Waals surface area contributed by atoms with Gasteiger partial charge in [-0.15, -0.1) is 6.58 Å². The molecular weight excluding hydrogens is 390 g/mol. The van der Waals surface area contributed by atoms with Crippen molar-refractivity contribution in [1.29, 1.82) is 0 Å². The van der Waals surface area contributed by atoms with Crippen LogP contribution in [0.25, 0.3) is 0 Å². The molecule has 1 saturated heterocycles. The van der Waals surface area contributed by atoms with E-state index in [-0.39, 0.29) is 11.8 Å². The Balaban J connectivity index is 2.78. The molecule has 1 aromatic carbocycles. The first kappa shape index (κ1) is 24.4. The molecule has 0 radical (unpaired) electrons. The van der Waals surface area contributed by atoms with Crippen molar-refractivity contribution in [3.8, 4) is 0 Å². The Morgan fingerprint density at radius 1 is 1.17 bits per heavy atom. The van der Waals surface area contributed by atoms with Crippen LogP contribution in [0.5, 0.6) is 0 Å². The molecule has 0 unspecified atom stereocenters. The fourth-order valence-electron chi connectivity index (χ4n) is 6.20. The molecule has 1 heterocycles. The molecule has 2 rings (SSSR count). The van der Waals surface area contributed by atoms with Crippen LogP contribution in [-0.4, -0.2) is 36.6 Å². The van der Waals surface area contributed by atoms with Crippen molar-refractivity contribution in [3.05, 3.63) is 43.0 Å². The minimum atomic E-state index is -2.39. The Morgan fingerprint density at radius 3 is 2.07 bits per heavy atom. The summed E-state index contributed by atoms with van der Waals surface area (Å²) < 4.78 is 5.64. The van der Waals surface area contributed by atoms with Gasteiger partial charge in [-0.05, 0) is 31.9 Å². The van der Waals surface area contributed by atoms with E-state index in [0.29, 0.717) is 11.1 Å². The normalized spacial score (nSPS) is 25.2. The van der Waals surface area contributed by atoms with Gasteiger partial charge in [-0.2, -0.15) is 0 Å². The zero-order valence-electron chi connectivity index (χ0n) is 20.2. The second kappa shape index (κ2) is 8.33. The summed E-state index contributed by atoms with van der Waals surface area (Å²) in [7, 11) is -2.39. The van der Waals surface area contributed by atoms with Crippen molar-refractivity contribution in [1.82, 2.24) is 4.90 Å². The molecular formula is C25H39NO3Si. The van der Waals surface area contributed by atoms with E-state index in [0.717, 1.165) is 0 Å². The molecule has 1 fully saturated rings. The average Bonchev–Trinajstić information content (AvgIpc) is 2.82. The molecule has 166 valence electrons. The summed E-state index contributed by atoms with van der Waals surface area (Å²) in [6, 6.07) is 10.2. The minimum absolute atomic E-state index is 0.161. The molecule has 30 heavy (non-hydrogen) atoms. The van der Waals surface area contributed by atoms with Crippen molar-refractivity contribution in [2.75, 3.05) is 0 Å². The van der Waals surface area contributed by atoms with Gasteiger partial charge in [0, 0.05) is 11.0 Å². The maximum atomic E-state index is 13.5. The van der Waals surface area contributed by atoms with E-state index < -0.39 is 30.8 Å². The summed E-state index contributed by atoms with van der Waals surface area (Å²) in [6.45, 7) is 22.8. The van der Waals surface area contributed by atoms with E-state index in [4.69, 9.17) is 4.74 Å². The van der Waals surface area contributed by atoms with Crippen molar-refractivity contribution >= 4 is 25.3 Å². The number of benzene rings is 1. The molecule has 1 aliphatic heterocycles. The summed E-state index contributed by atoms with van der Waals surface area (Å²) in [5.74, 6) is -0.476. The number of ether oxygens (including phenoxy) is 1. The third-order valence-electron chi connectivity index (χ3n) is 7.18. The molecule has 0 spiro atoms. The van der Waals surface area contributed by atoms with Gasteiger partial charge in [0.25, 0.3) is 0 Å². The predicted octanol–water partition coefficient (Wildman–Crippen LogP) is 5.89. The first-order chi connectivity index (χ1) is 13.8. The molecule has 0 aromatic heterocycles. The molecule has 0 N–H and O–H groups in total. The average molecular weight is 430 g/mol. The van der Waals surface area contributed by atoms with Gasteiger partial charge < -0.3 is 4.74 Å². The van der Waals surface area contributed by atoms with Gasteiger partial charge in [-0.1, -0.05) is 83.1 Å². The fourth-order valence-corrected chi connectivity index (χ4v) is 14.3. The van der Waals surface area contributed by atoms with Crippen LogP contribution in [0.1, 0.15) is 62.3 Å². The monoisotopic (exact) mass is 429 g/mol. The summed E-state index contributed by atoms with van der Waals surface area (Å²) in [5.41, 5.74) is 0.0531. The number of hydrogen-bond donors (Lipinski definition) is 0. The summed E-state index contributed by atoms with van der Waals surface area (Å²) in [4.78, 5) is 28.0. The summed E-state index contributed by atoms with van der Waals surface area (Å²) in [6.07, 6.45) is 1.22. The maximum absolute atomic E-state index is 13.5. The Bertz CT molecular complexity index is 788. The third-order valence-corrected chi connectivity index (χ3v) is 14.6. The highest BCUT2D eigenvalue weighted by Gasteiger charge is 2.68. The van der Waals surface area contributed by atoms with E-state index in [1.54, 1.807) is 6.08 Å². The second-order valence-electron chi connectivity index (χ2n) is 10.4. The number of imide groups is 1. The van der Waals surface area contributed by atoms with E-state index in [1.165, 1.54) is 10.1 Å². The standard InChI is InChI=1S/C25H39NO3Si/c1-11-21-25(10,19(6)22(27)26(21)23(28)29-24(7,8)9)30(17(2)3,18(4)5)20-15-13-12-14-16-20/h11-19,21H,1H2,2-10H3/t19-,21-,25+/m0/s1. The second-order valence-corrected chi connectivity index (χ2v) is 16.1. The fraction of sp³-hybridized carbons (Fsp3) is 0.600. The lowest BCUT2D eigenvalue weighted by Gasteiger charge is -2.55. The number of amides is 2. The van der Waals surface area contributed by atoms with Crippen molar-refractivity contribution in [2.24, 2.45) is 5.92 Å². The lowest BCUT2D eigenvalue weighted by Crippen LogP contribution is -2.65. The largest absolute Gasteiger partial charge is 0.443 e. The first-order valence-corrected chi connectivity index (χ1v) is 13.2. The zero-order valence-corrected chi connectivity index (χ0v) is 21.2. The maximum Gasteiger partial charge on any atom is 0.417 e. The van der Waals surface area contributed by atoms with Gasteiger partial charge in [0.05, 0.1) is 6.04 Å². The molecule has 0 saturated carbocycles. The Hall–Kier alpha value is -1.88. The Kier molecular flexibility index (Phi) is 6.77. The number of carbonyl (C=O) groups excluding carboxylic acids is 2. The van der Waals surface area contributed by atoms with E-state index in [2.05, 4.69) is 65.5 Å². The lowest BCUT2D eigenvalue weighted by atomic mass is 9.92. The van der Waals surface area contributed by atoms with Crippen LogP contribution in [0, 0.1) is 5.92 Å². The van der Waals surface area contributed by atoms with Crippen LogP contribution in [0.4, 0.5) is 4.79 Å². The zero-order chi connectivity index (χ0) is 23.1. The third kappa shape index (κ3) is 3.55. The molecule has 0 bridgehead atoms. The quantitative estimate of drug-likeness (QED) is 0.433. The number of likely N-dealkylation sites (tertiary alicyclic amines) is 1. The van der Waals surface area contributed by atoms with Gasteiger partial charge >= 0.3 is 6.09 Å². The minimum Gasteiger partial charge on any atom is -0.443 e. The molecule has 1 aliphatic rings. The molecule has 3 atom stereocenters. The number of hydrogen-bond acceptors (Lipinski definition) is 3. The van der Waals surface area contributed by atoms with Crippen molar-refractivity contribution in [3.63, 3.8) is 0 Å². The number of nitrogens with zero attached hydrogens (tertiary/aromatic N) is 1. The van der Waals surface area contributed by atoms with Gasteiger partial charge in [-0.25, -0.2) is 9.69 Å². The van der Waals surface area contributed by atoms with Gasteiger partial charge in [0.2, 0.25) is 5.91 Å². The van der Waals surface area contributed by atoms with E-state index in [1.807, 2.05) is 33.8 Å². The van der Waals surface area contributed by atoms with Crippen LogP contribution in [0.3, 0.4) is 0 Å². The Labute approximate surface area is 183 Å². The number of carbonyl (C=O) groups is 2. The highest BCUT2D eigenvalue weighted by Crippen LogP contribution is 2.61. The van der Waals surface area contributed by atoms with Crippen LogP contribution in [-0.2, 0) is 9.53 Å². The topological polar surface area (TPSA) is 46.6 Å². The highest BCUT2D eigenvalue weighted by atomic mass is 28.3. The predicted molar refractivity (Wildman–Crippen MR) is 127 cm³/mol. The Morgan fingerprint density at radius 2 is 1.67 bits per heavy atom. The van der Waals surface area contributed by atoms with Gasteiger partial charge in [0.15, 0.2) is 0 Å². The molecule has 1 aromatic rings. The van der Waals surface area contributed by atoms with E-state index >= 15 is 0 Å². The SMILES string of the molecule is C=C[C@@H]1N(C(=O)OC(C)(C)C)C(=O)[C@H](C)[C@@]1(C)[Si](c1ccccc1)(C(C)C)C(C)C.